The van der Waals surface area contributed by atoms with Gasteiger partial charge < -0.3 is 19.7 Å². The Balaban J connectivity index is 1.48. The van der Waals surface area contributed by atoms with Crippen molar-refractivity contribution in [2.45, 2.75) is 83.9 Å². The summed E-state index contributed by atoms with van der Waals surface area (Å²) in [6.45, 7) is 5.04. The highest BCUT2D eigenvalue weighted by Gasteiger charge is 2.25. The van der Waals surface area contributed by atoms with Crippen LogP contribution < -0.4 is 0 Å². The molecule has 1 aliphatic heterocycles. The Labute approximate surface area is 192 Å². The molecular formula is C28H38O4. The summed E-state index contributed by atoms with van der Waals surface area (Å²) in [5, 5.41) is 18.8. The van der Waals surface area contributed by atoms with Crippen molar-refractivity contribution in [1.29, 1.82) is 0 Å². The molecule has 2 aromatic carbocycles. The lowest BCUT2D eigenvalue weighted by Crippen LogP contribution is -2.34. The molecule has 1 unspecified atom stereocenters. The van der Waals surface area contributed by atoms with Crippen LogP contribution in [-0.2, 0) is 29.1 Å². The first-order chi connectivity index (χ1) is 15.5. The Kier molecular flexibility index (Phi) is 9.49. The normalized spacial score (nSPS) is 17.2. The lowest BCUT2D eigenvalue weighted by atomic mass is 9.97. The van der Waals surface area contributed by atoms with Gasteiger partial charge in [0.05, 0.1) is 18.8 Å². The van der Waals surface area contributed by atoms with Crippen molar-refractivity contribution in [1.82, 2.24) is 0 Å². The number of hydrogen-bond acceptors (Lipinski definition) is 4. The SMILES string of the molecule is CC(C)(CCCCc1cccc(C=Cc2ccc(CO)c(CO)c2)c1)OC1CCCCO1. The molecular weight excluding hydrogens is 400 g/mol. The van der Waals surface area contributed by atoms with E-state index in [1.54, 1.807) is 0 Å². The second-order valence-electron chi connectivity index (χ2n) is 9.30. The van der Waals surface area contributed by atoms with Crippen molar-refractivity contribution in [2.75, 3.05) is 6.61 Å². The van der Waals surface area contributed by atoms with Crippen LogP contribution in [0.15, 0.2) is 42.5 Å². The molecule has 32 heavy (non-hydrogen) atoms. The van der Waals surface area contributed by atoms with E-state index in [9.17, 15) is 10.2 Å². The van der Waals surface area contributed by atoms with E-state index in [0.29, 0.717) is 0 Å². The molecule has 1 heterocycles. The number of ether oxygens (including phenoxy) is 2. The average Bonchev–Trinajstić information content (AvgIpc) is 2.81. The first-order valence-corrected chi connectivity index (χ1v) is 11.9. The average molecular weight is 439 g/mol. The third-order valence-corrected chi connectivity index (χ3v) is 6.07. The van der Waals surface area contributed by atoms with Crippen LogP contribution in [0, 0.1) is 0 Å². The van der Waals surface area contributed by atoms with E-state index in [4.69, 9.17) is 9.47 Å². The molecule has 1 aliphatic rings. The topological polar surface area (TPSA) is 58.9 Å². The summed E-state index contributed by atoms with van der Waals surface area (Å²) in [5.74, 6) is 0. The fourth-order valence-electron chi connectivity index (χ4n) is 4.19. The van der Waals surface area contributed by atoms with E-state index < -0.39 is 0 Å². The predicted molar refractivity (Wildman–Crippen MR) is 130 cm³/mol. The number of benzene rings is 2. The molecule has 2 aromatic rings. The Morgan fingerprint density at radius 1 is 0.969 bits per heavy atom. The van der Waals surface area contributed by atoms with Gasteiger partial charge in [-0.3, -0.25) is 0 Å². The molecule has 0 radical (unpaired) electrons. The van der Waals surface area contributed by atoms with Gasteiger partial charge in [-0.05, 0) is 86.3 Å². The maximum atomic E-state index is 9.48. The molecule has 1 saturated heterocycles. The van der Waals surface area contributed by atoms with Gasteiger partial charge in [0.25, 0.3) is 0 Å². The Hall–Kier alpha value is -1.98. The van der Waals surface area contributed by atoms with Gasteiger partial charge in [0.15, 0.2) is 6.29 Å². The highest BCUT2D eigenvalue weighted by atomic mass is 16.7. The molecule has 174 valence electrons. The summed E-state index contributed by atoms with van der Waals surface area (Å²) < 4.78 is 11.9. The van der Waals surface area contributed by atoms with Crippen molar-refractivity contribution in [3.05, 3.63) is 70.3 Å². The van der Waals surface area contributed by atoms with E-state index in [1.807, 2.05) is 24.3 Å². The zero-order valence-electron chi connectivity index (χ0n) is 19.6. The van der Waals surface area contributed by atoms with Gasteiger partial charge in [0, 0.05) is 6.61 Å². The van der Waals surface area contributed by atoms with E-state index in [-0.39, 0.29) is 25.1 Å². The fourth-order valence-corrected chi connectivity index (χ4v) is 4.19. The predicted octanol–water partition coefficient (Wildman–Crippen LogP) is 5.88. The van der Waals surface area contributed by atoms with Gasteiger partial charge in [-0.15, -0.1) is 0 Å². The lowest BCUT2D eigenvalue weighted by molar-refractivity contribution is -0.217. The maximum absolute atomic E-state index is 9.48. The first kappa shape index (κ1) is 24.7. The largest absolute Gasteiger partial charge is 0.392 e. The summed E-state index contributed by atoms with van der Waals surface area (Å²) in [6.07, 6.45) is 11.8. The minimum absolute atomic E-state index is 0.0319. The highest BCUT2D eigenvalue weighted by molar-refractivity contribution is 5.70. The highest BCUT2D eigenvalue weighted by Crippen LogP contribution is 2.25. The van der Waals surface area contributed by atoms with Gasteiger partial charge in [0.2, 0.25) is 0 Å². The van der Waals surface area contributed by atoms with Crippen LogP contribution >= 0.6 is 0 Å². The Morgan fingerprint density at radius 3 is 2.47 bits per heavy atom. The molecule has 0 amide bonds. The van der Waals surface area contributed by atoms with Crippen LogP contribution in [-0.4, -0.2) is 28.7 Å². The molecule has 0 bridgehead atoms. The number of aryl methyl sites for hydroxylation is 1. The Bertz CT molecular complexity index is 865. The molecule has 4 nitrogen and oxygen atoms in total. The van der Waals surface area contributed by atoms with E-state index in [2.05, 4.69) is 44.2 Å². The first-order valence-electron chi connectivity index (χ1n) is 11.9. The smallest absolute Gasteiger partial charge is 0.158 e. The quantitative estimate of drug-likeness (QED) is 0.340. The van der Waals surface area contributed by atoms with E-state index >= 15 is 0 Å². The molecule has 2 N–H and O–H groups in total. The number of aliphatic hydroxyl groups is 2. The second-order valence-corrected chi connectivity index (χ2v) is 9.30. The fraction of sp³-hybridized carbons (Fsp3) is 0.500. The summed E-state index contributed by atoms with van der Waals surface area (Å²) in [4.78, 5) is 0. The van der Waals surface area contributed by atoms with E-state index in [0.717, 1.165) is 67.4 Å². The van der Waals surface area contributed by atoms with Crippen LogP contribution in [0.1, 0.15) is 80.2 Å². The minimum Gasteiger partial charge on any atom is -0.392 e. The minimum atomic E-state index is -0.147. The molecule has 1 fully saturated rings. The maximum Gasteiger partial charge on any atom is 0.158 e. The zero-order valence-corrected chi connectivity index (χ0v) is 19.6. The van der Waals surface area contributed by atoms with Gasteiger partial charge >= 0.3 is 0 Å². The summed E-state index contributed by atoms with van der Waals surface area (Å²) in [7, 11) is 0. The molecule has 0 spiro atoms. The van der Waals surface area contributed by atoms with Crippen molar-refractivity contribution < 1.29 is 19.7 Å². The second kappa shape index (κ2) is 12.3. The van der Waals surface area contributed by atoms with Gasteiger partial charge in [-0.25, -0.2) is 0 Å². The van der Waals surface area contributed by atoms with Crippen LogP contribution in [0.4, 0.5) is 0 Å². The van der Waals surface area contributed by atoms with Gasteiger partial charge in [-0.2, -0.15) is 0 Å². The zero-order chi connectivity index (χ0) is 22.8. The van der Waals surface area contributed by atoms with Crippen LogP contribution in [0.5, 0.6) is 0 Å². The lowest BCUT2D eigenvalue weighted by Gasteiger charge is -2.32. The monoisotopic (exact) mass is 438 g/mol. The number of aliphatic hydroxyl groups excluding tert-OH is 2. The summed E-state index contributed by atoms with van der Waals surface area (Å²) in [5.41, 5.74) is 4.91. The van der Waals surface area contributed by atoms with Crippen molar-refractivity contribution >= 4 is 12.2 Å². The van der Waals surface area contributed by atoms with Crippen LogP contribution in [0.25, 0.3) is 12.2 Å². The van der Waals surface area contributed by atoms with Gasteiger partial charge in [-0.1, -0.05) is 55.0 Å². The third-order valence-electron chi connectivity index (χ3n) is 6.07. The van der Waals surface area contributed by atoms with Gasteiger partial charge in [0.1, 0.15) is 0 Å². The molecule has 0 aromatic heterocycles. The third kappa shape index (κ3) is 7.86. The van der Waals surface area contributed by atoms with E-state index in [1.165, 1.54) is 12.0 Å². The Morgan fingerprint density at radius 2 is 1.75 bits per heavy atom. The molecule has 0 aliphatic carbocycles. The molecule has 3 rings (SSSR count). The number of rotatable bonds is 11. The summed E-state index contributed by atoms with van der Waals surface area (Å²) >= 11 is 0. The van der Waals surface area contributed by atoms with Crippen molar-refractivity contribution in [2.24, 2.45) is 0 Å². The standard InChI is InChI=1S/C28H38O4/c1-28(2,32-27-11-4-6-17-31-27)16-5-3-8-22-9-7-10-23(18-22)12-13-24-14-15-25(20-29)26(19-24)21-30/h7,9-10,12-15,18-19,27,29-30H,3-6,8,11,16-17,20-21H2,1-2H3. The molecule has 4 heteroatoms. The molecule has 0 saturated carbocycles. The van der Waals surface area contributed by atoms with Crippen molar-refractivity contribution in [3.8, 4) is 0 Å². The number of hydrogen-bond donors (Lipinski definition) is 2. The van der Waals surface area contributed by atoms with Crippen LogP contribution in [0.3, 0.4) is 0 Å². The van der Waals surface area contributed by atoms with Crippen molar-refractivity contribution in [3.63, 3.8) is 0 Å². The van der Waals surface area contributed by atoms with Crippen LogP contribution in [0.2, 0.25) is 0 Å². The summed E-state index contributed by atoms with van der Waals surface area (Å²) in [6, 6.07) is 14.4. The number of unbranched alkanes of at least 4 members (excludes halogenated alkanes) is 1. The molecule has 1 atom stereocenters.